The van der Waals surface area contributed by atoms with Crippen LogP contribution in [0.15, 0.2) is 24.3 Å². The van der Waals surface area contributed by atoms with E-state index in [9.17, 15) is 9.59 Å². The molecule has 1 heterocycles. The van der Waals surface area contributed by atoms with Crippen LogP contribution in [0.3, 0.4) is 0 Å². The second-order valence-corrected chi connectivity index (χ2v) is 5.82. The van der Waals surface area contributed by atoms with Gasteiger partial charge in [0.05, 0.1) is 0 Å². The van der Waals surface area contributed by atoms with Gasteiger partial charge >= 0.3 is 0 Å². The number of carbonyl (C=O) groups is 2. The van der Waals surface area contributed by atoms with E-state index in [0.29, 0.717) is 12.1 Å². The maximum absolute atomic E-state index is 12.6. The fourth-order valence-corrected chi connectivity index (χ4v) is 3.26. The lowest BCUT2D eigenvalue weighted by molar-refractivity contribution is -0.123. The minimum absolute atomic E-state index is 0.101. The van der Waals surface area contributed by atoms with Gasteiger partial charge in [0, 0.05) is 23.2 Å². The number of rotatable bonds is 5. The Hall–Kier alpha value is -1.90. The van der Waals surface area contributed by atoms with Gasteiger partial charge in [0.15, 0.2) is 0 Å². The molecule has 1 aliphatic heterocycles. The molecule has 0 aromatic heterocycles. The highest BCUT2D eigenvalue weighted by molar-refractivity contribution is 6.31. The summed E-state index contributed by atoms with van der Waals surface area (Å²) in [6.45, 7) is 2.69. The molecule has 1 aromatic rings. The van der Waals surface area contributed by atoms with Crippen LogP contribution < -0.4 is 0 Å². The van der Waals surface area contributed by atoms with Crippen molar-refractivity contribution in [2.45, 2.75) is 45.4 Å². The molecule has 1 aliphatic carbocycles. The number of aryl methyl sites for hydroxylation is 1. The Labute approximate surface area is 125 Å². The quantitative estimate of drug-likeness (QED) is 0.612. The summed E-state index contributed by atoms with van der Waals surface area (Å²) >= 11 is 0. The Kier molecular flexibility index (Phi) is 3.91. The van der Waals surface area contributed by atoms with Gasteiger partial charge in [0.25, 0.3) is 11.8 Å². The maximum atomic E-state index is 12.6. The largest absolute Gasteiger partial charge is 0.274 e. The molecule has 21 heavy (non-hydrogen) atoms. The van der Waals surface area contributed by atoms with Crippen molar-refractivity contribution in [2.24, 2.45) is 0 Å². The van der Waals surface area contributed by atoms with E-state index in [-0.39, 0.29) is 11.8 Å². The average molecular weight is 283 g/mol. The fourth-order valence-electron chi connectivity index (χ4n) is 3.26. The lowest BCUT2D eigenvalue weighted by atomic mass is 9.83. The second-order valence-electron chi connectivity index (χ2n) is 5.82. The third-order valence-corrected chi connectivity index (χ3v) is 4.37. The number of unbranched alkanes of at least 4 members (excludes halogenated alkanes) is 3. The van der Waals surface area contributed by atoms with Crippen molar-refractivity contribution in [3.63, 3.8) is 0 Å². The van der Waals surface area contributed by atoms with Gasteiger partial charge in [-0.25, -0.2) is 0 Å². The van der Waals surface area contributed by atoms with E-state index in [1.807, 2.05) is 24.3 Å². The van der Waals surface area contributed by atoms with Crippen molar-refractivity contribution in [2.75, 3.05) is 6.54 Å². The summed E-state index contributed by atoms with van der Waals surface area (Å²) in [5.41, 5.74) is 3.47. The number of carbonyl (C=O) groups excluding carboxylic acids is 2. The topological polar surface area (TPSA) is 37.4 Å². The third kappa shape index (κ3) is 2.41. The number of hydrogen-bond donors (Lipinski definition) is 0. The number of hydrogen-bond acceptors (Lipinski definition) is 2. The molecule has 110 valence electrons. The molecule has 0 saturated carbocycles. The zero-order valence-corrected chi connectivity index (χ0v) is 12.5. The molecule has 0 fully saturated rings. The van der Waals surface area contributed by atoms with Gasteiger partial charge in [0.2, 0.25) is 0 Å². The highest BCUT2D eigenvalue weighted by Crippen LogP contribution is 2.35. The van der Waals surface area contributed by atoms with Crippen LogP contribution in [-0.4, -0.2) is 23.3 Å². The monoisotopic (exact) mass is 283 g/mol. The highest BCUT2D eigenvalue weighted by Gasteiger charge is 2.36. The number of allylic oxidation sites excluding steroid dienone is 1. The van der Waals surface area contributed by atoms with E-state index >= 15 is 0 Å². The minimum Gasteiger partial charge on any atom is -0.274 e. The SMILES string of the molecule is CCCCCCN1C(=O)C2=CCCc3cccc(c32)C1=O. The van der Waals surface area contributed by atoms with E-state index in [2.05, 4.69) is 6.92 Å². The van der Waals surface area contributed by atoms with Crippen molar-refractivity contribution < 1.29 is 9.59 Å². The zero-order valence-electron chi connectivity index (χ0n) is 12.5. The number of nitrogens with zero attached hydrogens (tertiary/aromatic N) is 1. The highest BCUT2D eigenvalue weighted by atomic mass is 16.2. The minimum atomic E-state index is -0.118. The molecule has 0 saturated heterocycles. The average Bonchev–Trinajstić information content (AvgIpc) is 2.51. The first-order valence-electron chi connectivity index (χ1n) is 7.92. The molecule has 0 radical (unpaired) electrons. The number of benzene rings is 1. The summed E-state index contributed by atoms with van der Waals surface area (Å²) in [6.07, 6.45) is 8.07. The lowest BCUT2D eigenvalue weighted by Gasteiger charge is -2.31. The summed E-state index contributed by atoms with van der Waals surface area (Å²) < 4.78 is 0. The summed E-state index contributed by atoms with van der Waals surface area (Å²) in [4.78, 5) is 26.7. The molecule has 0 atom stereocenters. The predicted molar refractivity (Wildman–Crippen MR) is 82.9 cm³/mol. The van der Waals surface area contributed by atoms with E-state index in [1.165, 1.54) is 4.90 Å². The first-order valence-corrected chi connectivity index (χ1v) is 7.92. The standard InChI is InChI=1S/C18H21NO2/c1-2-3-4-5-12-19-17(20)14-10-6-8-13-9-7-11-15(16(13)14)18(19)21/h6,8,10-11H,2-5,7,9,12H2,1H3. The van der Waals surface area contributed by atoms with Gasteiger partial charge in [-0.05, 0) is 30.9 Å². The molecular weight excluding hydrogens is 262 g/mol. The van der Waals surface area contributed by atoms with E-state index in [1.54, 1.807) is 0 Å². The Morgan fingerprint density at radius 2 is 1.95 bits per heavy atom. The molecule has 3 rings (SSSR count). The van der Waals surface area contributed by atoms with Gasteiger partial charge in [-0.1, -0.05) is 44.4 Å². The Balaban J connectivity index is 1.90. The summed E-state index contributed by atoms with van der Waals surface area (Å²) in [5.74, 6) is -0.219. The van der Waals surface area contributed by atoms with Crippen LogP contribution in [0.5, 0.6) is 0 Å². The molecule has 2 amide bonds. The Morgan fingerprint density at radius 3 is 2.76 bits per heavy atom. The molecule has 2 aliphatic rings. The van der Waals surface area contributed by atoms with Gasteiger partial charge in [-0.3, -0.25) is 14.5 Å². The van der Waals surface area contributed by atoms with Crippen molar-refractivity contribution in [3.05, 3.63) is 41.0 Å². The molecule has 0 unspecified atom stereocenters. The second kappa shape index (κ2) is 5.84. The predicted octanol–water partition coefficient (Wildman–Crippen LogP) is 3.58. The third-order valence-electron chi connectivity index (χ3n) is 4.37. The normalized spacial score (nSPS) is 16.8. The van der Waals surface area contributed by atoms with Crippen molar-refractivity contribution >= 4 is 17.4 Å². The smallest absolute Gasteiger partial charge is 0.261 e. The first-order chi connectivity index (χ1) is 10.2. The van der Waals surface area contributed by atoms with Crippen LogP contribution in [0.4, 0.5) is 0 Å². The van der Waals surface area contributed by atoms with Crippen molar-refractivity contribution in [1.82, 2.24) is 4.90 Å². The van der Waals surface area contributed by atoms with Gasteiger partial charge in [-0.15, -0.1) is 0 Å². The lowest BCUT2D eigenvalue weighted by Crippen LogP contribution is -2.43. The van der Waals surface area contributed by atoms with Crippen LogP contribution in [0, 0.1) is 0 Å². The van der Waals surface area contributed by atoms with Crippen LogP contribution in [0.1, 0.15) is 60.5 Å². The fraction of sp³-hybridized carbons (Fsp3) is 0.444. The zero-order chi connectivity index (χ0) is 14.8. The van der Waals surface area contributed by atoms with Crippen molar-refractivity contribution in [3.8, 4) is 0 Å². The van der Waals surface area contributed by atoms with E-state index in [4.69, 9.17) is 0 Å². The molecule has 1 aromatic carbocycles. The molecule has 3 heteroatoms. The molecule has 0 bridgehead atoms. The summed E-state index contributed by atoms with van der Waals surface area (Å²) in [6, 6.07) is 5.81. The molecule has 3 nitrogen and oxygen atoms in total. The van der Waals surface area contributed by atoms with Gasteiger partial charge in [0.1, 0.15) is 0 Å². The maximum Gasteiger partial charge on any atom is 0.261 e. The number of imide groups is 1. The van der Waals surface area contributed by atoms with Crippen molar-refractivity contribution in [1.29, 1.82) is 0 Å². The van der Waals surface area contributed by atoms with Crippen LogP contribution in [-0.2, 0) is 11.2 Å². The Morgan fingerprint density at radius 1 is 1.10 bits per heavy atom. The van der Waals surface area contributed by atoms with Gasteiger partial charge in [-0.2, -0.15) is 0 Å². The Bertz CT molecular complexity index is 616. The van der Waals surface area contributed by atoms with E-state index < -0.39 is 0 Å². The summed E-state index contributed by atoms with van der Waals surface area (Å²) in [7, 11) is 0. The van der Waals surface area contributed by atoms with E-state index in [0.717, 1.165) is 55.2 Å². The number of amides is 2. The summed E-state index contributed by atoms with van der Waals surface area (Å²) in [5, 5.41) is 0. The van der Waals surface area contributed by atoms with Crippen LogP contribution >= 0.6 is 0 Å². The van der Waals surface area contributed by atoms with Crippen LogP contribution in [0.25, 0.3) is 5.57 Å². The van der Waals surface area contributed by atoms with Crippen LogP contribution in [0.2, 0.25) is 0 Å². The van der Waals surface area contributed by atoms with Gasteiger partial charge < -0.3 is 0 Å². The molecule has 0 N–H and O–H groups in total. The molecule has 0 spiro atoms. The first kappa shape index (κ1) is 14.1. The molecular formula is C18H21NO2.